The molecule has 0 radical (unpaired) electrons. The van der Waals surface area contributed by atoms with Crippen LogP contribution in [-0.4, -0.2) is 5.25 Å². The number of hydrogen-bond donors (Lipinski definition) is 0. The third kappa shape index (κ3) is 4.61. The lowest BCUT2D eigenvalue weighted by Crippen LogP contribution is -2.40. The van der Waals surface area contributed by atoms with Gasteiger partial charge in [-0.1, -0.05) is 96.2 Å². The van der Waals surface area contributed by atoms with Crippen LogP contribution in [0.25, 0.3) is 5.57 Å². The van der Waals surface area contributed by atoms with Gasteiger partial charge in [0.25, 0.3) is 0 Å². The SMILES string of the molecule is C1=CC2Sc3c(C4=C5CCCCC5C(C5=CCCC(C6CCCC7=C6CCCC7)=C5)C5CCCCC45)cccc3C2C=C1. The average molecular weight is 587 g/mol. The third-order valence-corrected chi connectivity index (χ3v) is 14.6. The minimum Gasteiger partial charge on any atom is -0.117 e. The van der Waals surface area contributed by atoms with Gasteiger partial charge < -0.3 is 0 Å². The van der Waals surface area contributed by atoms with Gasteiger partial charge >= 0.3 is 0 Å². The highest BCUT2D eigenvalue weighted by Crippen LogP contribution is 2.61. The quantitative estimate of drug-likeness (QED) is 0.317. The molecule has 7 atom stereocenters. The van der Waals surface area contributed by atoms with Gasteiger partial charge in [-0.3, -0.25) is 0 Å². The van der Waals surface area contributed by atoms with Crippen LogP contribution in [0, 0.1) is 29.6 Å². The summed E-state index contributed by atoms with van der Waals surface area (Å²) in [5.74, 6) is 4.47. The van der Waals surface area contributed by atoms with Crippen molar-refractivity contribution in [3.8, 4) is 0 Å². The van der Waals surface area contributed by atoms with E-state index in [0.717, 1.165) is 29.6 Å². The van der Waals surface area contributed by atoms with Crippen LogP contribution in [0.5, 0.6) is 0 Å². The molecule has 0 aromatic heterocycles. The number of fused-ring (bicyclic) bond motifs is 5. The highest BCUT2D eigenvalue weighted by atomic mass is 32.2. The fraction of sp³-hybridized carbons (Fsp3) is 0.571. The molecule has 1 heterocycles. The summed E-state index contributed by atoms with van der Waals surface area (Å²) in [6.07, 6.45) is 39.0. The predicted octanol–water partition coefficient (Wildman–Crippen LogP) is 12.1. The van der Waals surface area contributed by atoms with Gasteiger partial charge in [-0.05, 0) is 136 Å². The Morgan fingerprint density at radius 2 is 1.51 bits per heavy atom. The Balaban J connectivity index is 1.13. The molecule has 7 aliphatic carbocycles. The maximum absolute atomic E-state index is 2.84. The summed E-state index contributed by atoms with van der Waals surface area (Å²) in [5.41, 5.74) is 14.4. The van der Waals surface area contributed by atoms with Crippen molar-refractivity contribution in [2.75, 3.05) is 0 Å². The second kappa shape index (κ2) is 11.4. The van der Waals surface area contributed by atoms with Crippen LogP contribution in [0.4, 0.5) is 0 Å². The highest BCUT2D eigenvalue weighted by Gasteiger charge is 2.48. The number of benzene rings is 1. The molecular weight excluding hydrogens is 537 g/mol. The number of thioether (sulfide) groups is 1. The molecule has 2 saturated carbocycles. The van der Waals surface area contributed by atoms with Gasteiger partial charge in [-0.15, -0.1) is 11.8 Å². The van der Waals surface area contributed by atoms with Crippen molar-refractivity contribution >= 4 is 17.3 Å². The van der Waals surface area contributed by atoms with Crippen molar-refractivity contribution in [1.82, 2.24) is 0 Å². The molecule has 0 amide bonds. The molecule has 0 bridgehead atoms. The van der Waals surface area contributed by atoms with Gasteiger partial charge in [0.15, 0.2) is 0 Å². The summed E-state index contributed by atoms with van der Waals surface area (Å²) in [6, 6.07) is 7.41. The predicted molar refractivity (Wildman–Crippen MR) is 183 cm³/mol. The van der Waals surface area contributed by atoms with E-state index in [1.165, 1.54) is 109 Å². The van der Waals surface area contributed by atoms with Crippen molar-refractivity contribution in [2.24, 2.45) is 29.6 Å². The van der Waals surface area contributed by atoms with Crippen LogP contribution >= 0.6 is 11.8 Å². The van der Waals surface area contributed by atoms with E-state index in [-0.39, 0.29) is 0 Å². The normalized spacial score (nSPS) is 36.7. The molecular formula is C42H50S. The second-order valence-corrected chi connectivity index (χ2v) is 16.4. The lowest BCUT2D eigenvalue weighted by molar-refractivity contribution is 0.154. The minimum absolute atomic E-state index is 0.562. The number of hydrogen-bond acceptors (Lipinski definition) is 1. The molecule has 0 N–H and O–H groups in total. The zero-order valence-corrected chi connectivity index (χ0v) is 27.0. The van der Waals surface area contributed by atoms with Gasteiger partial charge in [0, 0.05) is 22.0 Å². The van der Waals surface area contributed by atoms with Gasteiger partial charge in [0.05, 0.1) is 0 Å². The Bertz CT molecular complexity index is 1470. The maximum Gasteiger partial charge on any atom is 0.0381 e. The smallest absolute Gasteiger partial charge is 0.0381 e. The van der Waals surface area contributed by atoms with E-state index in [9.17, 15) is 0 Å². The summed E-state index contributed by atoms with van der Waals surface area (Å²) >= 11 is 2.18. The molecule has 1 aromatic carbocycles. The van der Waals surface area contributed by atoms with Gasteiger partial charge in [-0.2, -0.15) is 0 Å². The van der Waals surface area contributed by atoms with Crippen molar-refractivity contribution in [3.05, 3.63) is 93.6 Å². The van der Waals surface area contributed by atoms with Crippen LogP contribution in [0.1, 0.15) is 126 Å². The lowest BCUT2D eigenvalue weighted by atomic mass is 9.53. The van der Waals surface area contributed by atoms with E-state index in [1.807, 2.05) is 27.9 Å². The van der Waals surface area contributed by atoms with Crippen LogP contribution < -0.4 is 0 Å². The Morgan fingerprint density at radius 3 is 2.51 bits per heavy atom. The maximum atomic E-state index is 2.84. The second-order valence-electron chi connectivity index (χ2n) is 15.2. The Labute approximate surface area is 265 Å². The first-order chi connectivity index (χ1) is 21.3. The van der Waals surface area contributed by atoms with E-state index in [2.05, 4.69) is 66.4 Å². The van der Waals surface area contributed by atoms with Crippen LogP contribution in [0.2, 0.25) is 0 Å². The standard InChI is InChI=1S/C42H50S/c1-2-16-30-27(12-1)13-10-22-31(30)28-14-9-15-29(26-28)40-33-18-3-5-20-35(33)41(36-21-6-4-19-34(36)40)38-24-11-23-37-32-17-7-8-25-39(32)43-42(37)38/h7-8,11,15,17,23-26,31-35,39-40H,1-6,9-10,12-14,16,18-22H2. The molecule has 1 aromatic rings. The Hall–Kier alpha value is -1.99. The molecule has 224 valence electrons. The highest BCUT2D eigenvalue weighted by molar-refractivity contribution is 8.00. The number of rotatable bonds is 3. The molecule has 2 fully saturated rings. The molecule has 0 saturated heterocycles. The van der Waals surface area contributed by atoms with Gasteiger partial charge in [0.1, 0.15) is 0 Å². The first-order valence-electron chi connectivity index (χ1n) is 18.3. The fourth-order valence-electron chi connectivity index (χ4n) is 11.4. The monoisotopic (exact) mass is 586 g/mol. The van der Waals surface area contributed by atoms with Crippen molar-refractivity contribution < 1.29 is 0 Å². The van der Waals surface area contributed by atoms with E-state index < -0.39 is 0 Å². The molecule has 0 spiro atoms. The minimum atomic E-state index is 0.562. The first kappa shape index (κ1) is 27.3. The molecule has 43 heavy (non-hydrogen) atoms. The zero-order chi connectivity index (χ0) is 28.3. The van der Waals surface area contributed by atoms with Gasteiger partial charge in [0.2, 0.25) is 0 Å². The summed E-state index contributed by atoms with van der Waals surface area (Å²) in [6.45, 7) is 0. The third-order valence-electron chi connectivity index (χ3n) is 13.1. The molecule has 1 aliphatic heterocycles. The van der Waals surface area contributed by atoms with E-state index in [1.54, 1.807) is 21.6 Å². The van der Waals surface area contributed by atoms with Crippen molar-refractivity contribution in [3.63, 3.8) is 0 Å². The van der Waals surface area contributed by atoms with Crippen LogP contribution in [-0.2, 0) is 0 Å². The topological polar surface area (TPSA) is 0 Å². The van der Waals surface area contributed by atoms with Crippen molar-refractivity contribution in [2.45, 2.75) is 125 Å². The average Bonchev–Trinajstić information content (AvgIpc) is 3.46. The summed E-state index contributed by atoms with van der Waals surface area (Å²) in [4.78, 5) is 1.64. The lowest BCUT2D eigenvalue weighted by Gasteiger charge is -2.51. The van der Waals surface area contributed by atoms with Crippen LogP contribution in [0.15, 0.2) is 87.4 Å². The Morgan fingerprint density at radius 1 is 0.698 bits per heavy atom. The fourth-order valence-corrected chi connectivity index (χ4v) is 12.9. The number of allylic oxidation sites excluding steroid dienone is 11. The summed E-state index contributed by atoms with van der Waals surface area (Å²) in [7, 11) is 0. The molecule has 0 nitrogen and oxygen atoms in total. The Kier molecular flexibility index (Phi) is 7.26. The zero-order valence-electron chi connectivity index (χ0n) is 26.2. The summed E-state index contributed by atoms with van der Waals surface area (Å²) in [5, 5.41) is 0.586. The van der Waals surface area contributed by atoms with E-state index in [0.29, 0.717) is 11.2 Å². The van der Waals surface area contributed by atoms with Gasteiger partial charge in [-0.25, -0.2) is 0 Å². The molecule has 7 unspecified atom stereocenters. The van der Waals surface area contributed by atoms with E-state index in [4.69, 9.17) is 0 Å². The summed E-state index contributed by atoms with van der Waals surface area (Å²) < 4.78 is 0. The van der Waals surface area contributed by atoms with Crippen molar-refractivity contribution in [1.29, 1.82) is 0 Å². The molecule has 9 rings (SSSR count). The first-order valence-corrected chi connectivity index (χ1v) is 19.2. The van der Waals surface area contributed by atoms with Crippen LogP contribution in [0.3, 0.4) is 0 Å². The largest absolute Gasteiger partial charge is 0.117 e. The molecule has 1 heteroatoms. The molecule has 8 aliphatic rings. The van der Waals surface area contributed by atoms with E-state index >= 15 is 0 Å².